The first-order valence-electron chi connectivity index (χ1n) is 13.0. The van der Waals surface area contributed by atoms with E-state index in [9.17, 15) is 19.8 Å². The number of rotatable bonds is 9. The number of methoxy groups -OCH3 is 2. The lowest BCUT2D eigenvalue weighted by molar-refractivity contribution is -0.117. The lowest BCUT2D eigenvalue weighted by Gasteiger charge is -2.24. The van der Waals surface area contributed by atoms with Crippen molar-refractivity contribution in [1.82, 2.24) is 10.2 Å². The maximum Gasteiger partial charge on any atom is 0.296 e. The Kier molecular flexibility index (Phi) is 8.72. The molecule has 0 saturated carbocycles. The summed E-state index contributed by atoms with van der Waals surface area (Å²) >= 11 is 18.1. The molecule has 15 heteroatoms. The molecule has 1 amide bonds. The van der Waals surface area contributed by atoms with E-state index < -0.39 is 23.5 Å². The Morgan fingerprint density at radius 3 is 2.60 bits per heavy atom. The monoisotopic (exact) mass is 747 g/mol. The highest BCUT2D eigenvalue weighted by Crippen LogP contribution is 2.47. The van der Waals surface area contributed by atoms with Gasteiger partial charge in [-0.3, -0.25) is 14.5 Å². The molecule has 230 valence electrons. The van der Waals surface area contributed by atoms with Crippen LogP contribution < -0.4 is 14.4 Å². The van der Waals surface area contributed by atoms with Gasteiger partial charge in [0.25, 0.3) is 5.91 Å². The second-order valence-electron chi connectivity index (χ2n) is 9.59. The molecule has 0 radical (unpaired) electrons. The number of fused-ring (bicyclic) bond motifs is 1. The summed E-state index contributed by atoms with van der Waals surface area (Å²) in [7, 11) is 2.84. The minimum Gasteiger partial charge on any atom is -0.503 e. The quantitative estimate of drug-likeness (QED) is 0.0864. The number of ether oxygens (including phenoxy) is 2. The number of phenols is 1. The van der Waals surface area contributed by atoms with Crippen LogP contribution in [0.15, 0.2) is 79.2 Å². The fourth-order valence-electron chi connectivity index (χ4n) is 4.84. The zero-order valence-corrected chi connectivity index (χ0v) is 27.9. The number of benzene rings is 3. The van der Waals surface area contributed by atoms with Gasteiger partial charge in [-0.05, 0) is 63.5 Å². The van der Waals surface area contributed by atoms with Crippen LogP contribution in [0.25, 0.3) is 11.0 Å². The van der Waals surface area contributed by atoms with E-state index in [0.29, 0.717) is 42.4 Å². The summed E-state index contributed by atoms with van der Waals surface area (Å²) in [4.78, 5) is 29.0. The highest BCUT2D eigenvalue weighted by Gasteiger charge is 2.47. The van der Waals surface area contributed by atoms with E-state index in [0.717, 1.165) is 16.9 Å². The molecule has 45 heavy (non-hydrogen) atoms. The number of para-hydroxylation sites is 1. The summed E-state index contributed by atoms with van der Waals surface area (Å²) < 4.78 is 17.3. The van der Waals surface area contributed by atoms with Crippen molar-refractivity contribution in [2.24, 2.45) is 0 Å². The third-order valence-corrected chi connectivity index (χ3v) is 10.3. The number of nitrogens with zero attached hydrogens (tertiary/aromatic N) is 3. The molecular formula is C30H20BrCl2N3O7S2. The minimum atomic E-state index is -1.19. The number of amides is 1. The maximum atomic E-state index is 14.1. The van der Waals surface area contributed by atoms with Gasteiger partial charge in [0.1, 0.15) is 0 Å². The highest BCUT2D eigenvalue weighted by molar-refractivity contribution is 9.10. The molecule has 1 aliphatic heterocycles. The Morgan fingerprint density at radius 2 is 1.87 bits per heavy atom. The molecule has 5 aromatic rings. The van der Waals surface area contributed by atoms with Crippen molar-refractivity contribution in [3.8, 4) is 17.2 Å². The molecule has 1 atom stereocenters. The molecule has 0 bridgehead atoms. The van der Waals surface area contributed by atoms with Crippen molar-refractivity contribution in [3.05, 3.63) is 97.3 Å². The molecule has 6 rings (SSSR count). The highest BCUT2D eigenvalue weighted by atomic mass is 79.9. The van der Waals surface area contributed by atoms with Crippen molar-refractivity contribution in [2.45, 2.75) is 16.1 Å². The number of phenolic OH excluding ortho intramolecular Hbond substituents is 1. The first kappa shape index (κ1) is 31.2. The summed E-state index contributed by atoms with van der Waals surface area (Å²) in [6.07, 6.45) is 0. The molecule has 0 spiro atoms. The van der Waals surface area contributed by atoms with Crippen molar-refractivity contribution in [1.29, 1.82) is 0 Å². The molecule has 0 fully saturated rings. The molecule has 2 aromatic heterocycles. The van der Waals surface area contributed by atoms with E-state index in [-0.39, 0.29) is 32.4 Å². The average molecular weight is 749 g/mol. The smallest absolute Gasteiger partial charge is 0.296 e. The predicted octanol–water partition coefficient (Wildman–Crippen LogP) is 8.15. The van der Waals surface area contributed by atoms with E-state index in [1.54, 1.807) is 30.3 Å². The fraction of sp³-hybridized carbons (Fsp3) is 0.133. The Morgan fingerprint density at radius 1 is 1.09 bits per heavy atom. The number of ketones is 1. The summed E-state index contributed by atoms with van der Waals surface area (Å²) in [6.45, 7) is 0. The first-order chi connectivity index (χ1) is 21.6. The molecular weight excluding hydrogens is 729 g/mol. The van der Waals surface area contributed by atoms with Crippen LogP contribution >= 0.6 is 62.2 Å². The van der Waals surface area contributed by atoms with E-state index in [1.807, 2.05) is 6.07 Å². The number of aliphatic hydroxyl groups is 1. The molecule has 0 aliphatic carbocycles. The van der Waals surface area contributed by atoms with E-state index >= 15 is 0 Å². The number of carbonyl (C=O) groups excluding carboxylic acids is 2. The molecule has 0 saturated heterocycles. The van der Waals surface area contributed by atoms with Crippen molar-refractivity contribution in [2.75, 3.05) is 19.1 Å². The standard InChI is InChI=1S/C30H20BrCl2N3O7S2/c1-41-19-5-3-4-13-9-21(43-27(13)19)25(38)22-23(15-8-17(31)24(37)20(10-15)42-2)36(28(40)26(22)39)29-34-35-30(45-29)44-12-14-6-7-16(32)11-18(14)33/h3-11,23,37,39H,12H2,1-2H3. The summed E-state index contributed by atoms with van der Waals surface area (Å²) in [5.74, 6) is -1.74. The van der Waals surface area contributed by atoms with Gasteiger partial charge in [-0.1, -0.05) is 64.5 Å². The number of halogens is 3. The number of hydrogen-bond acceptors (Lipinski definition) is 11. The van der Waals surface area contributed by atoms with Gasteiger partial charge in [-0.25, -0.2) is 0 Å². The largest absolute Gasteiger partial charge is 0.503 e. The molecule has 3 aromatic carbocycles. The number of Topliss-reactive ketones (excluding diaryl/α,β-unsaturated/α-hetero) is 1. The molecule has 2 N–H and O–H groups in total. The first-order valence-corrected chi connectivity index (χ1v) is 16.3. The number of carbonyl (C=O) groups is 2. The van der Waals surface area contributed by atoms with E-state index in [1.165, 1.54) is 49.1 Å². The van der Waals surface area contributed by atoms with Gasteiger partial charge in [-0.15, -0.1) is 10.2 Å². The molecule has 3 heterocycles. The third-order valence-electron chi connectivity index (χ3n) is 6.96. The van der Waals surface area contributed by atoms with Crippen LogP contribution in [-0.4, -0.2) is 46.3 Å². The van der Waals surface area contributed by atoms with Crippen molar-refractivity contribution in [3.63, 3.8) is 0 Å². The van der Waals surface area contributed by atoms with Gasteiger partial charge < -0.3 is 24.1 Å². The zero-order chi connectivity index (χ0) is 32.0. The normalized spacial score (nSPS) is 14.9. The number of thioether (sulfide) groups is 1. The molecule has 1 aliphatic rings. The summed E-state index contributed by atoms with van der Waals surface area (Å²) in [5, 5.41) is 31.9. The van der Waals surface area contributed by atoms with E-state index in [2.05, 4.69) is 26.1 Å². The number of aromatic hydroxyl groups is 1. The Hall–Kier alpha value is -3.75. The Bertz CT molecular complexity index is 2030. The number of furan rings is 1. The predicted molar refractivity (Wildman–Crippen MR) is 175 cm³/mol. The maximum absolute atomic E-state index is 14.1. The fourth-order valence-corrected chi connectivity index (χ4v) is 7.72. The average Bonchev–Trinajstić information content (AvgIpc) is 3.74. The number of aliphatic hydroxyl groups excluding tert-OH is 1. The minimum absolute atomic E-state index is 0.0757. The van der Waals surface area contributed by atoms with Crippen LogP contribution in [-0.2, 0) is 10.5 Å². The third kappa shape index (κ3) is 5.74. The Balaban J connectivity index is 1.41. The zero-order valence-electron chi connectivity index (χ0n) is 23.2. The van der Waals surface area contributed by atoms with Gasteiger partial charge >= 0.3 is 0 Å². The second kappa shape index (κ2) is 12.6. The molecule has 10 nitrogen and oxygen atoms in total. The topological polar surface area (TPSA) is 135 Å². The number of aromatic nitrogens is 2. The molecule has 1 unspecified atom stereocenters. The van der Waals surface area contributed by atoms with Crippen LogP contribution in [0.2, 0.25) is 10.0 Å². The number of hydrogen-bond donors (Lipinski definition) is 2. The van der Waals surface area contributed by atoms with E-state index in [4.69, 9.17) is 37.1 Å². The van der Waals surface area contributed by atoms with Gasteiger partial charge in [0.05, 0.1) is 30.3 Å². The van der Waals surface area contributed by atoms with Crippen LogP contribution in [0.1, 0.15) is 27.7 Å². The summed E-state index contributed by atoms with van der Waals surface area (Å²) in [6, 6.07) is 13.7. The van der Waals surface area contributed by atoms with Crippen molar-refractivity contribution < 1.29 is 33.7 Å². The van der Waals surface area contributed by atoms with Crippen LogP contribution in [0.5, 0.6) is 17.2 Å². The van der Waals surface area contributed by atoms with Gasteiger partial charge in [-0.2, -0.15) is 0 Å². The lowest BCUT2D eigenvalue weighted by atomic mass is 9.95. The SMILES string of the molecule is COc1cc(C2C(C(=O)c3cc4cccc(OC)c4o3)=C(O)C(=O)N2c2nnc(SCc3ccc(Cl)cc3Cl)s2)cc(Br)c1O. The van der Waals surface area contributed by atoms with Crippen molar-refractivity contribution >= 4 is 90.0 Å². The number of anilines is 1. The van der Waals surface area contributed by atoms with Gasteiger partial charge in [0.15, 0.2) is 38.7 Å². The van der Waals surface area contributed by atoms with Gasteiger partial charge in [0.2, 0.25) is 10.9 Å². The van der Waals surface area contributed by atoms with Gasteiger partial charge in [0, 0.05) is 21.2 Å². The lowest BCUT2D eigenvalue weighted by Crippen LogP contribution is -2.31. The second-order valence-corrected chi connectivity index (χ2v) is 13.5. The van der Waals surface area contributed by atoms with Crippen LogP contribution in [0, 0.1) is 0 Å². The Labute approximate surface area is 282 Å². The van der Waals surface area contributed by atoms with Crippen LogP contribution in [0.4, 0.5) is 5.13 Å². The summed E-state index contributed by atoms with van der Waals surface area (Å²) in [5.41, 5.74) is 1.24. The van der Waals surface area contributed by atoms with Crippen LogP contribution in [0.3, 0.4) is 0 Å².